The molecule has 0 bridgehead atoms. The van der Waals surface area contributed by atoms with Crippen LogP contribution in [0.25, 0.3) is 0 Å². The van der Waals surface area contributed by atoms with E-state index in [4.69, 9.17) is 33.7 Å². The molecule has 0 saturated heterocycles. The number of hydrogen-bond donors (Lipinski definition) is 3. The summed E-state index contributed by atoms with van der Waals surface area (Å²) in [5, 5.41) is 8.40. The van der Waals surface area contributed by atoms with Gasteiger partial charge in [-0.1, -0.05) is 11.6 Å². The highest BCUT2D eigenvalue weighted by Crippen LogP contribution is 2.19. The molecule has 1 unspecified atom stereocenters. The monoisotopic (exact) mass is 246 g/mol. The van der Waals surface area contributed by atoms with Crippen molar-refractivity contribution in [3.8, 4) is 0 Å². The fourth-order valence-electron chi connectivity index (χ4n) is 0.904. The summed E-state index contributed by atoms with van der Waals surface area (Å²) in [6.07, 6.45) is -2.94. The van der Waals surface area contributed by atoms with E-state index in [1.165, 1.54) is 0 Å². The van der Waals surface area contributed by atoms with Crippen LogP contribution < -0.4 is 11.5 Å². The molecule has 0 aromatic heterocycles. The third-order valence-corrected chi connectivity index (χ3v) is 1.88. The van der Waals surface area contributed by atoms with Gasteiger partial charge in [-0.05, 0) is 18.2 Å². The number of ketones is 1. The van der Waals surface area contributed by atoms with Crippen molar-refractivity contribution in [2.45, 2.75) is 12.4 Å². The van der Waals surface area contributed by atoms with Crippen molar-refractivity contribution in [3.63, 3.8) is 0 Å². The molecule has 0 saturated carbocycles. The Labute approximate surface area is 103 Å². The number of Topliss-reactive ketones (excluding diaryl/α,β-unsaturated/α-hetero) is 1. The summed E-state index contributed by atoms with van der Waals surface area (Å²) in [7, 11) is 0. The number of carboxylic acids is 1. The summed E-state index contributed by atoms with van der Waals surface area (Å²) in [5.41, 5.74) is 9.70. The van der Waals surface area contributed by atoms with Gasteiger partial charge in [0.15, 0.2) is 5.78 Å². The summed E-state index contributed by atoms with van der Waals surface area (Å²) in [5.74, 6) is -3.02. The maximum atomic E-state index is 12.0. The molecule has 0 amide bonds. The number of carboxylic acid groups (broad SMARTS) is 1. The highest BCUT2D eigenvalue weighted by molar-refractivity contribution is 6.31. The molecule has 0 aliphatic carbocycles. The Morgan fingerprint density at radius 3 is 2.88 bits per heavy atom. The minimum absolute atomic E-state index is 0.290. The molecular formula is C10H11ClN2O3. The molecule has 86 valence electrons. The van der Waals surface area contributed by atoms with Gasteiger partial charge in [0.05, 0.1) is 2.74 Å². The van der Waals surface area contributed by atoms with Crippen LogP contribution in [-0.2, 0) is 4.79 Å². The first-order valence-electron chi connectivity index (χ1n) is 6.10. The quantitative estimate of drug-likeness (QED) is 0.541. The lowest BCUT2D eigenvalue weighted by molar-refractivity contribution is -0.138. The van der Waals surface area contributed by atoms with E-state index in [1.807, 2.05) is 0 Å². The van der Waals surface area contributed by atoms with E-state index < -0.39 is 47.5 Å². The predicted molar refractivity (Wildman–Crippen MR) is 60.4 cm³/mol. The number of aliphatic carboxylic acids is 1. The lowest BCUT2D eigenvalue weighted by Crippen LogP contribution is -2.32. The van der Waals surface area contributed by atoms with Crippen molar-refractivity contribution in [2.24, 2.45) is 5.73 Å². The lowest BCUT2D eigenvalue weighted by atomic mass is 10.0. The van der Waals surface area contributed by atoms with Crippen LogP contribution in [0.1, 0.15) is 22.2 Å². The number of benzene rings is 1. The third kappa shape index (κ3) is 2.95. The highest BCUT2D eigenvalue weighted by Gasteiger charge is 2.18. The van der Waals surface area contributed by atoms with Crippen LogP contribution in [0.5, 0.6) is 0 Å². The molecule has 6 heteroatoms. The minimum atomic E-state index is -2.94. The van der Waals surface area contributed by atoms with E-state index in [0.29, 0.717) is 0 Å². The average Bonchev–Trinajstić information content (AvgIpc) is 2.38. The van der Waals surface area contributed by atoms with Gasteiger partial charge >= 0.3 is 5.97 Å². The Bertz CT molecular complexity index is 594. The average molecular weight is 247 g/mol. The Morgan fingerprint density at radius 1 is 1.69 bits per heavy atom. The van der Waals surface area contributed by atoms with Crippen LogP contribution in [-0.4, -0.2) is 22.9 Å². The normalized spacial score (nSPS) is 16.6. The van der Waals surface area contributed by atoms with E-state index in [2.05, 4.69) is 0 Å². The molecule has 1 atom stereocenters. The topological polar surface area (TPSA) is 106 Å². The largest absolute Gasteiger partial charge is 0.480 e. The number of rotatable bonds is 4. The molecule has 1 aromatic rings. The van der Waals surface area contributed by atoms with E-state index >= 15 is 0 Å². The summed E-state index contributed by atoms with van der Waals surface area (Å²) < 4.78 is 30.0. The Hall–Kier alpha value is -1.59. The first kappa shape index (κ1) is 7.65. The maximum Gasteiger partial charge on any atom is 0.320 e. The van der Waals surface area contributed by atoms with Crippen LogP contribution in [0, 0.1) is 0 Å². The minimum Gasteiger partial charge on any atom is -0.480 e. The fourth-order valence-corrected chi connectivity index (χ4v) is 1.06. The molecule has 0 aliphatic rings. The van der Waals surface area contributed by atoms with Crippen molar-refractivity contribution in [1.82, 2.24) is 0 Å². The third-order valence-electron chi connectivity index (χ3n) is 1.68. The molecule has 0 spiro atoms. The van der Waals surface area contributed by atoms with E-state index in [0.717, 1.165) is 6.07 Å². The SMILES string of the molecule is [2H]c1cc(C(=O)C([2H])([2H])C(N)C(=O)O)c(N)c([2H])c1Cl. The first-order valence-corrected chi connectivity index (χ1v) is 4.48. The Morgan fingerprint density at radius 2 is 2.31 bits per heavy atom. The molecule has 0 heterocycles. The first-order chi connectivity index (χ1) is 9.01. The Balaban J connectivity index is 3.39. The molecule has 16 heavy (non-hydrogen) atoms. The van der Waals surface area contributed by atoms with Gasteiger partial charge in [-0.2, -0.15) is 0 Å². The number of carbonyl (C=O) groups excluding carboxylic acids is 1. The summed E-state index contributed by atoms with van der Waals surface area (Å²) in [6, 6.07) is -2.12. The zero-order valence-corrected chi connectivity index (χ0v) is 8.71. The standard InChI is InChI=1S/C10H11ClN2O3/c11-5-1-2-6(7(12)3-5)9(14)4-8(13)10(15)16/h1-3,8H,4,12-13H2,(H,15,16)/i1D,3D,4D2. The molecule has 0 radical (unpaired) electrons. The summed E-state index contributed by atoms with van der Waals surface area (Å²) >= 11 is 5.61. The van der Waals surface area contributed by atoms with Crippen molar-refractivity contribution in [3.05, 3.63) is 28.7 Å². The van der Waals surface area contributed by atoms with Gasteiger partial charge in [0, 0.05) is 25.4 Å². The highest BCUT2D eigenvalue weighted by atomic mass is 35.5. The second-order valence-electron chi connectivity index (χ2n) is 2.84. The van der Waals surface area contributed by atoms with Crippen molar-refractivity contribution >= 4 is 29.0 Å². The van der Waals surface area contributed by atoms with Gasteiger partial charge in [-0.25, -0.2) is 0 Å². The van der Waals surface area contributed by atoms with Gasteiger partial charge in [0.25, 0.3) is 0 Å². The zero-order valence-electron chi connectivity index (χ0n) is 12.0. The van der Waals surface area contributed by atoms with Gasteiger partial charge < -0.3 is 16.6 Å². The van der Waals surface area contributed by atoms with Crippen LogP contribution in [0.2, 0.25) is 5.02 Å². The van der Waals surface area contributed by atoms with Gasteiger partial charge in [-0.15, -0.1) is 0 Å². The van der Waals surface area contributed by atoms with Crippen molar-refractivity contribution in [1.29, 1.82) is 0 Å². The van der Waals surface area contributed by atoms with E-state index in [-0.39, 0.29) is 5.02 Å². The Kier molecular flexibility index (Phi) is 2.37. The summed E-state index contributed by atoms with van der Waals surface area (Å²) in [4.78, 5) is 22.8. The zero-order chi connectivity index (χ0) is 15.8. The second-order valence-corrected chi connectivity index (χ2v) is 3.22. The second kappa shape index (κ2) is 4.96. The lowest BCUT2D eigenvalue weighted by Gasteiger charge is -2.07. The molecule has 1 aromatic carbocycles. The van der Waals surface area contributed by atoms with Gasteiger partial charge in [-0.3, -0.25) is 9.59 Å². The maximum absolute atomic E-state index is 12.0. The van der Waals surface area contributed by atoms with Crippen molar-refractivity contribution in [2.75, 3.05) is 5.73 Å². The molecule has 0 fully saturated rings. The van der Waals surface area contributed by atoms with E-state index in [9.17, 15) is 9.59 Å². The smallest absolute Gasteiger partial charge is 0.320 e. The van der Waals surface area contributed by atoms with Crippen LogP contribution >= 0.6 is 11.6 Å². The van der Waals surface area contributed by atoms with Crippen molar-refractivity contribution < 1.29 is 20.2 Å². The van der Waals surface area contributed by atoms with Gasteiger partial charge in [0.2, 0.25) is 0 Å². The summed E-state index contributed by atoms with van der Waals surface area (Å²) in [6.45, 7) is 0. The van der Waals surface area contributed by atoms with Crippen LogP contribution in [0.4, 0.5) is 5.69 Å². The number of anilines is 1. The van der Waals surface area contributed by atoms with Crippen LogP contribution in [0.3, 0.4) is 0 Å². The predicted octanol–water partition coefficient (Wildman–Crippen LogP) is 0.907. The molecule has 5 N–H and O–H groups in total. The number of halogens is 1. The number of nitrogens with two attached hydrogens (primary N) is 2. The fraction of sp³-hybridized carbons (Fsp3) is 0.200. The number of carbonyl (C=O) groups is 2. The molecular weight excluding hydrogens is 232 g/mol. The number of hydrogen-bond acceptors (Lipinski definition) is 4. The number of nitrogen functional groups attached to an aromatic ring is 1. The molecule has 1 rings (SSSR count). The molecule has 5 nitrogen and oxygen atoms in total. The van der Waals surface area contributed by atoms with Crippen LogP contribution in [0.15, 0.2) is 18.2 Å². The van der Waals surface area contributed by atoms with Gasteiger partial charge in [0.1, 0.15) is 6.04 Å². The molecule has 0 aliphatic heterocycles. The van der Waals surface area contributed by atoms with E-state index in [1.54, 1.807) is 0 Å².